The fourth-order valence-electron chi connectivity index (χ4n) is 2.28. The van der Waals surface area contributed by atoms with Crippen LogP contribution in [0.25, 0.3) is 0 Å². The molecule has 0 spiro atoms. The summed E-state index contributed by atoms with van der Waals surface area (Å²) in [5.41, 5.74) is 1.93. The first-order chi connectivity index (χ1) is 10.1. The molecule has 0 aliphatic carbocycles. The molecule has 21 heavy (non-hydrogen) atoms. The van der Waals surface area contributed by atoms with Gasteiger partial charge in [0.05, 0.1) is 13.2 Å². The number of ether oxygens (including phenoxy) is 1. The van der Waals surface area contributed by atoms with Crippen molar-refractivity contribution < 1.29 is 14.6 Å². The third-order valence-electron chi connectivity index (χ3n) is 3.46. The lowest BCUT2D eigenvalue weighted by molar-refractivity contribution is -0.135. The molecular formula is C17H19NO3. The minimum atomic E-state index is -0.848. The van der Waals surface area contributed by atoms with Crippen molar-refractivity contribution in [2.75, 3.05) is 18.6 Å². The number of nitrogens with zero attached hydrogens (tertiary/aromatic N) is 1. The average Bonchev–Trinajstić information content (AvgIpc) is 2.53. The maximum Gasteiger partial charge on any atom is 0.323 e. The lowest BCUT2D eigenvalue weighted by Crippen LogP contribution is -2.32. The molecule has 0 saturated heterocycles. The van der Waals surface area contributed by atoms with E-state index in [1.165, 1.54) is 0 Å². The van der Waals surface area contributed by atoms with E-state index >= 15 is 0 Å². The molecule has 2 rings (SSSR count). The molecule has 0 saturated carbocycles. The molecule has 0 heterocycles. The van der Waals surface area contributed by atoms with Gasteiger partial charge in [-0.2, -0.15) is 0 Å². The van der Waals surface area contributed by atoms with Gasteiger partial charge < -0.3 is 14.7 Å². The molecule has 0 radical (unpaired) electrons. The van der Waals surface area contributed by atoms with E-state index in [4.69, 9.17) is 9.84 Å². The number of para-hydroxylation sites is 1. The maximum absolute atomic E-state index is 11.2. The molecule has 1 unspecified atom stereocenters. The Bertz CT molecular complexity index is 581. The Balaban J connectivity index is 2.28. The highest BCUT2D eigenvalue weighted by Crippen LogP contribution is 2.27. The minimum Gasteiger partial charge on any atom is -0.497 e. The van der Waals surface area contributed by atoms with Crippen molar-refractivity contribution in [2.45, 2.75) is 13.0 Å². The van der Waals surface area contributed by atoms with E-state index in [9.17, 15) is 4.79 Å². The molecule has 0 fully saturated rings. The van der Waals surface area contributed by atoms with Crippen molar-refractivity contribution >= 4 is 11.7 Å². The van der Waals surface area contributed by atoms with Crippen LogP contribution >= 0.6 is 0 Å². The van der Waals surface area contributed by atoms with E-state index in [-0.39, 0.29) is 12.6 Å². The number of aliphatic carboxylic acids is 1. The number of carbonyl (C=O) groups is 1. The van der Waals surface area contributed by atoms with Gasteiger partial charge in [0.15, 0.2) is 0 Å². The number of methoxy groups -OCH3 is 1. The number of anilines is 1. The van der Waals surface area contributed by atoms with Crippen molar-refractivity contribution in [3.05, 3.63) is 60.2 Å². The summed E-state index contributed by atoms with van der Waals surface area (Å²) in [4.78, 5) is 13.0. The lowest BCUT2D eigenvalue weighted by Gasteiger charge is -2.30. The van der Waals surface area contributed by atoms with Gasteiger partial charge in [-0.15, -0.1) is 0 Å². The van der Waals surface area contributed by atoms with Crippen molar-refractivity contribution in [1.29, 1.82) is 0 Å². The second-order valence-electron chi connectivity index (χ2n) is 4.81. The average molecular weight is 285 g/mol. The van der Waals surface area contributed by atoms with Gasteiger partial charge in [-0.05, 0) is 36.8 Å². The van der Waals surface area contributed by atoms with E-state index in [0.717, 1.165) is 17.0 Å². The van der Waals surface area contributed by atoms with Gasteiger partial charge in [-0.25, -0.2) is 0 Å². The third kappa shape index (κ3) is 3.75. The molecule has 4 nitrogen and oxygen atoms in total. The van der Waals surface area contributed by atoms with Crippen LogP contribution in [0.3, 0.4) is 0 Å². The molecule has 1 N–H and O–H groups in total. The number of rotatable bonds is 6. The molecule has 0 bridgehead atoms. The first-order valence-electron chi connectivity index (χ1n) is 6.79. The smallest absolute Gasteiger partial charge is 0.323 e. The SMILES string of the molecule is COc1ccc(C(C)N(CC(=O)O)c2ccccc2)cc1. The summed E-state index contributed by atoms with van der Waals surface area (Å²) in [5.74, 6) is -0.0605. The fraction of sp³-hybridized carbons (Fsp3) is 0.235. The van der Waals surface area contributed by atoms with E-state index < -0.39 is 5.97 Å². The Morgan fingerprint density at radius 2 is 1.76 bits per heavy atom. The second kappa shape index (κ2) is 6.79. The van der Waals surface area contributed by atoms with Crippen LogP contribution in [-0.2, 0) is 4.79 Å². The van der Waals surface area contributed by atoms with Gasteiger partial charge in [0, 0.05) is 5.69 Å². The van der Waals surface area contributed by atoms with Crippen LogP contribution in [0.4, 0.5) is 5.69 Å². The predicted molar refractivity (Wildman–Crippen MR) is 82.8 cm³/mol. The summed E-state index contributed by atoms with van der Waals surface area (Å²) in [6.45, 7) is 1.95. The van der Waals surface area contributed by atoms with Crippen LogP contribution in [0, 0.1) is 0 Å². The summed E-state index contributed by atoms with van der Waals surface area (Å²) in [6, 6.07) is 17.2. The van der Waals surface area contributed by atoms with Crippen LogP contribution in [0.15, 0.2) is 54.6 Å². The van der Waals surface area contributed by atoms with Gasteiger partial charge in [-0.1, -0.05) is 30.3 Å². The first kappa shape index (κ1) is 14.9. The molecular weight excluding hydrogens is 266 g/mol. The zero-order chi connectivity index (χ0) is 15.2. The molecule has 1 atom stereocenters. The van der Waals surface area contributed by atoms with Crippen molar-refractivity contribution in [2.24, 2.45) is 0 Å². The number of hydrogen-bond donors (Lipinski definition) is 1. The minimum absolute atomic E-state index is 0.0444. The summed E-state index contributed by atoms with van der Waals surface area (Å²) in [7, 11) is 1.62. The number of carboxylic acid groups (broad SMARTS) is 1. The summed E-state index contributed by atoms with van der Waals surface area (Å²) >= 11 is 0. The summed E-state index contributed by atoms with van der Waals surface area (Å²) in [5, 5.41) is 9.16. The van der Waals surface area contributed by atoms with Gasteiger partial charge >= 0.3 is 5.97 Å². The van der Waals surface area contributed by atoms with Gasteiger partial charge in [0.25, 0.3) is 0 Å². The Morgan fingerprint density at radius 3 is 2.29 bits per heavy atom. The van der Waals surface area contributed by atoms with Crippen LogP contribution in [0.2, 0.25) is 0 Å². The molecule has 2 aromatic carbocycles. The van der Waals surface area contributed by atoms with Crippen molar-refractivity contribution in [1.82, 2.24) is 0 Å². The van der Waals surface area contributed by atoms with Crippen molar-refractivity contribution in [3.8, 4) is 5.75 Å². The maximum atomic E-state index is 11.2. The Labute approximate surface area is 124 Å². The largest absolute Gasteiger partial charge is 0.497 e. The lowest BCUT2D eigenvalue weighted by atomic mass is 10.1. The Kier molecular flexibility index (Phi) is 4.82. The quantitative estimate of drug-likeness (QED) is 0.884. The molecule has 0 amide bonds. The molecule has 110 valence electrons. The van der Waals surface area contributed by atoms with Crippen LogP contribution in [0.1, 0.15) is 18.5 Å². The molecule has 0 aromatic heterocycles. The Hall–Kier alpha value is -2.49. The highest BCUT2D eigenvalue weighted by molar-refractivity contribution is 5.74. The van der Waals surface area contributed by atoms with E-state index in [1.54, 1.807) is 7.11 Å². The monoisotopic (exact) mass is 285 g/mol. The normalized spacial score (nSPS) is 11.7. The highest BCUT2D eigenvalue weighted by Gasteiger charge is 2.19. The zero-order valence-electron chi connectivity index (χ0n) is 12.2. The number of benzene rings is 2. The summed E-state index contributed by atoms with van der Waals surface area (Å²) in [6.07, 6.45) is 0. The fourth-order valence-corrected chi connectivity index (χ4v) is 2.28. The van der Waals surface area contributed by atoms with Gasteiger partial charge in [0.2, 0.25) is 0 Å². The van der Waals surface area contributed by atoms with E-state index in [1.807, 2.05) is 66.4 Å². The molecule has 2 aromatic rings. The Morgan fingerprint density at radius 1 is 1.14 bits per heavy atom. The third-order valence-corrected chi connectivity index (χ3v) is 3.46. The van der Waals surface area contributed by atoms with Crippen LogP contribution in [0.5, 0.6) is 5.75 Å². The predicted octanol–water partition coefficient (Wildman–Crippen LogP) is 3.35. The molecule has 0 aliphatic rings. The van der Waals surface area contributed by atoms with E-state index in [2.05, 4.69) is 0 Å². The second-order valence-corrected chi connectivity index (χ2v) is 4.81. The molecule has 0 aliphatic heterocycles. The standard InChI is InChI=1S/C17H19NO3/c1-13(14-8-10-16(21-2)11-9-14)18(12-17(19)20)15-6-4-3-5-7-15/h3-11,13H,12H2,1-2H3,(H,19,20). The highest BCUT2D eigenvalue weighted by atomic mass is 16.5. The number of hydrogen-bond acceptors (Lipinski definition) is 3. The van der Waals surface area contributed by atoms with Crippen molar-refractivity contribution in [3.63, 3.8) is 0 Å². The van der Waals surface area contributed by atoms with E-state index in [0.29, 0.717) is 0 Å². The van der Waals surface area contributed by atoms with Gasteiger partial charge in [0.1, 0.15) is 12.3 Å². The molecule has 4 heteroatoms. The van der Waals surface area contributed by atoms with Gasteiger partial charge in [-0.3, -0.25) is 4.79 Å². The number of carboxylic acids is 1. The zero-order valence-corrected chi connectivity index (χ0v) is 12.2. The van der Waals surface area contributed by atoms with Crippen LogP contribution < -0.4 is 9.64 Å². The summed E-state index contributed by atoms with van der Waals surface area (Å²) < 4.78 is 5.15. The topological polar surface area (TPSA) is 49.8 Å². The van der Waals surface area contributed by atoms with Crippen LogP contribution in [-0.4, -0.2) is 24.7 Å². The first-order valence-corrected chi connectivity index (χ1v) is 6.79.